The lowest BCUT2D eigenvalue weighted by molar-refractivity contribution is 0.137. The summed E-state index contributed by atoms with van der Waals surface area (Å²) < 4.78 is 38.0. The van der Waals surface area contributed by atoms with Crippen molar-refractivity contribution in [2.75, 3.05) is 60.2 Å². The van der Waals surface area contributed by atoms with E-state index in [2.05, 4.69) is 0 Å². The van der Waals surface area contributed by atoms with Gasteiger partial charge in [0.05, 0.1) is 13.2 Å². The second-order valence-corrected chi connectivity index (χ2v) is 6.87. The summed E-state index contributed by atoms with van der Waals surface area (Å²) in [6.45, 7) is 2.23. The number of rotatable bonds is 9. The third-order valence-corrected chi connectivity index (χ3v) is 5.48. The fourth-order valence-electron chi connectivity index (χ4n) is 2.28. The third kappa shape index (κ3) is 4.94. The van der Waals surface area contributed by atoms with Crippen molar-refractivity contribution < 1.29 is 23.0 Å². The van der Waals surface area contributed by atoms with Crippen LogP contribution in [0.5, 0.6) is 0 Å². The summed E-state index contributed by atoms with van der Waals surface area (Å²) in [6.07, 6.45) is 1.66. The van der Waals surface area contributed by atoms with Crippen LogP contribution in [-0.2, 0) is 19.7 Å². The highest BCUT2D eigenvalue weighted by atomic mass is 32.2. The van der Waals surface area contributed by atoms with Crippen LogP contribution in [-0.4, -0.2) is 82.4 Å². The normalized spacial score (nSPS) is 21.5. The van der Waals surface area contributed by atoms with Crippen LogP contribution in [0.15, 0.2) is 0 Å². The van der Waals surface area contributed by atoms with E-state index in [0.717, 1.165) is 12.8 Å². The van der Waals surface area contributed by atoms with Gasteiger partial charge in [0.2, 0.25) is 0 Å². The van der Waals surface area contributed by atoms with Gasteiger partial charge in [-0.1, -0.05) is 0 Å². The van der Waals surface area contributed by atoms with E-state index in [1.807, 2.05) is 0 Å². The molecule has 120 valence electrons. The SMILES string of the molecule is COCCN(CCOC)S(=O)(=O)N1CCCC(CO)C1. The van der Waals surface area contributed by atoms with Gasteiger partial charge in [0, 0.05) is 47.0 Å². The summed E-state index contributed by atoms with van der Waals surface area (Å²) >= 11 is 0. The molecule has 0 bridgehead atoms. The summed E-state index contributed by atoms with van der Waals surface area (Å²) in [4.78, 5) is 0. The third-order valence-electron chi connectivity index (χ3n) is 3.48. The molecular formula is C12H26N2O5S. The van der Waals surface area contributed by atoms with Crippen LogP contribution in [0.2, 0.25) is 0 Å². The number of hydrogen-bond donors (Lipinski definition) is 1. The Balaban J connectivity index is 2.73. The molecule has 7 nitrogen and oxygen atoms in total. The molecule has 0 aromatic carbocycles. The van der Waals surface area contributed by atoms with Crippen molar-refractivity contribution in [1.82, 2.24) is 8.61 Å². The molecule has 1 atom stereocenters. The molecule has 1 unspecified atom stereocenters. The average Bonchev–Trinajstić information content (AvgIpc) is 2.47. The fraction of sp³-hybridized carbons (Fsp3) is 1.00. The fourth-order valence-corrected chi connectivity index (χ4v) is 3.97. The Morgan fingerprint density at radius 3 is 2.35 bits per heavy atom. The summed E-state index contributed by atoms with van der Waals surface area (Å²) in [7, 11) is -0.425. The molecule has 1 N–H and O–H groups in total. The number of ether oxygens (including phenoxy) is 2. The van der Waals surface area contributed by atoms with Crippen molar-refractivity contribution in [2.24, 2.45) is 5.92 Å². The number of aliphatic hydroxyl groups excluding tert-OH is 1. The average molecular weight is 310 g/mol. The summed E-state index contributed by atoms with van der Waals surface area (Å²) in [5, 5.41) is 9.22. The van der Waals surface area contributed by atoms with Gasteiger partial charge in [0.15, 0.2) is 0 Å². The van der Waals surface area contributed by atoms with Crippen LogP contribution >= 0.6 is 0 Å². The van der Waals surface area contributed by atoms with Crippen LogP contribution in [0.4, 0.5) is 0 Å². The van der Waals surface area contributed by atoms with Crippen LogP contribution < -0.4 is 0 Å². The molecule has 0 spiro atoms. The maximum absolute atomic E-state index is 12.6. The van der Waals surface area contributed by atoms with Crippen molar-refractivity contribution in [3.05, 3.63) is 0 Å². The minimum absolute atomic E-state index is 0.0299. The van der Waals surface area contributed by atoms with Crippen LogP contribution in [0.1, 0.15) is 12.8 Å². The van der Waals surface area contributed by atoms with Gasteiger partial charge < -0.3 is 14.6 Å². The molecule has 1 aliphatic heterocycles. The Kier molecular flexibility index (Phi) is 7.93. The summed E-state index contributed by atoms with van der Waals surface area (Å²) in [5.41, 5.74) is 0. The second-order valence-electron chi connectivity index (χ2n) is 4.94. The smallest absolute Gasteiger partial charge is 0.282 e. The minimum Gasteiger partial charge on any atom is -0.396 e. The number of hydrogen-bond acceptors (Lipinski definition) is 5. The zero-order valence-electron chi connectivity index (χ0n) is 12.3. The molecule has 1 rings (SSSR count). The number of piperidine rings is 1. The molecule has 1 fully saturated rings. The molecule has 8 heteroatoms. The lowest BCUT2D eigenvalue weighted by Gasteiger charge is -2.34. The zero-order chi connectivity index (χ0) is 15.0. The molecule has 0 aromatic rings. The first kappa shape index (κ1) is 17.8. The quantitative estimate of drug-likeness (QED) is 0.623. The highest BCUT2D eigenvalue weighted by Gasteiger charge is 2.33. The molecule has 20 heavy (non-hydrogen) atoms. The van der Waals surface area contributed by atoms with Gasteiger partial charge in [-0.3, -0.25) is 0 Å². The lowest BCUT2D eigenvalue weighted by atomic mass is 10.0. The van der Waals surface area contributed by atoms with Gasteiger partial charge in [-0.25, -0.2) is 0 Å². The first-order valence-corrected chi connectivity index (χ1v) is 8.30. The minimum atomic E-state index is -3.52. The number of methoxy groups -OCH3 is 2. The van der Waals surface area contributed by atoms with E-state index < -0.39 is 10.2 Å². The predicted octanol–water partition coefficient (Wildman–Crippen LogP) is -0.470. The van der Waals surface area contributed by atoms with E-state index in [-0.39, 0.29) is 12.5 Å². The summed E-state index contributed by atoms with van der Waals surface area (Å²) in [5.74, 6) is 0.0326. The maximum Gasteiger partial charge on any atom is 0.282 e. The van der Waals surface area contributed by atoms with Gasteiger partial charge in [-0.2, -0.15) is 17.0 Å². The Labute approximate surface area is 121 Å². The Hall–Kier alpha value is -0.250. The van der Waals surface area contributed by atoms with E-state index in [9.17, 15) is 13.5 Å². The Morgan fingerprint density at radius 2 is 1.85 bits per heavy atom. The standard InChI is InChI=1S/C12H26N2O5S/c1-18-8-6-13(7-9-19-2)20(16,17)14-5-3-4-12(10-14)11-15/h12,15H,3-11H2,1-2H3. The lowest BCUT2D eigenvalue weighted by Crippen LogP contribution is -2.50. The Morgan fingerprint density at radius 1 is 1.25 bits per heavy atom. The molecule has 0 aliphatic carbocycles. The molecule has 1 aliphatic rings. The molecule has 0 saturated carbocycles. The van der Waals surface area contributed by atoms with E-state index in [1.54, 1.807) is 14.2 Å². The first-order valence-electron chi connectivity index (χ1n) is 6.90. The van der Waals surface area contributed by atoms with Gasteiger partial charge in [0.25, 0.3) is 10.2 Å². The molecule has 0 radical (unpaired) electrons. The van der Waals surface area contributed by atoms with Crippen molar-refractivity contribution >= 4 is 10.2 Å². The molecule has 1 saturated heterocycles. The molecular weight excluding hydrogens is 284 g/mol. The maximum atomic E-state index is 12.6. The van der Waals surface area contributed by atoms with Crippen LogP contribution in [0.25, 0.3) is 0 Å². The monoisotopic (exact) mass is 310 g/mol. The van der Waals surface area contributed by atoms with Crippen LogP contribution in [0, 0.1) is 5.92 Å². The number of aliphatic hydroxyl groups is 1. The molecule has 0 amide bonds. The van der Waals surface area contributed by atoms with Gasteiger partial charge in [-0.15, -0.1) is 0 Å². The summed E-state index contributed by atoms with van der Waals surface area (Å²) in [6, 6.07) is 0. The molecule has 1 heterocycles. The van der Waals surface area contributed by atoms with E-state index in [4.69, 9.17) is 9.47 Å². The van der Waals surface area contributed by atoms with Gasteiger partial charge in [0.1, 0.15) is 0 Å². The zero-order valence-corrected chi connectivity index (χ0v) is 13.1. The predicted molar refractivity (Wildman–Crippen MR) is 75.6 cm³/mol. The van der Waals surface area contributed by atoms with Gasteiger partial charge >= 0.3 is 0 Å². The largest absolute Gasteiger partial charge is 0.396 e. The topological polar surface area (TPSA) is 79.3 Å². The Bertz CT molecular complexity index is 355. The number of nitrogens with zero attached hydrogens (tertiary/aromatic N) is 2. The molecule has 0 aromatic heterocycles. The highest BCUT2D eigenvalue weighted by molar-refractivity contribution is 7.86. The highest BCUT2D eigenvalue weighted by Crippen LogP contribution is 2.20. The van der Waals surface area contributed by atoms with Gasteiger partial charge in [-0.05, 0) is 18.8 Å². The van der Waals surface area contributed by atoms with E-state index in [0.29, 0.717) is 39.4 Å². The van der Waals surface area contributed by atoms with Crippen molar-refractivity contribution in [3.8, 4) is 0 Å². The van der Waals surface area contributed by atoms with Crippen LogP contribution in [0.3, 0.4) is 0 Å². The second kappa shape index (κ2) is 8.91. The van der Waals surface area contributed by atoms with E-state index >= 15 is 0 Å². The van der Waals surface area contributed by atoms with Crippen molar-refractivity contribution in [3.63, 3.8) is 0 Å². The first-order chi connectivity index (χ1) is 9.56. The van der Waals surface area contributed by atoms with Crippen molar-refractivity contribution in [2.45, 2.75) is 12.8 Å². The van der Waals surface area contributed by atoms with E-state index in [1.165, 1.54) is 8.61 Å². The van der Waals surface area contributed by atoms with Crippen molar-refractivity contribution in [1.29, 1.82) is 0 Å².